The molecule has 6 heteroatoms. The zero-order valence-electron chi connectivity index (χ0n) is 13.0. The highest BCUT2D eigenvalue weighted by molar-refractivity contribution is 6.02. The van der Waals surface area contributed by atoms with E-state index in [0.29, 0.717) is 17.8 Å². The van der Waals surface area contributed by atoms with Gasteiger partial charge in [-0.1, -0.05) is 12.1 Å². The summed E-state index contributed by atoms with van der Waals surface area (Å²) in [5, 5.41) is 2.71. The van der Waals surface area contributed by atoms with Gasteiger partial charge in [-0.2, -0.15) is 0 Å². The third kappa shape index (κ3) is 2.97. The third-order valence-electron chi connectivity index (χ3n) is 4.00. The maximum absolute atomic E-state index is 12.8. The van der Waals surface area contributed by atoms with Gasteiger partial charge >= 0.3 is 0 Å². The van der Waals surface area contributed by atoms with Crippen LogP contribution in [0.3, 0.4) is 0 Å². The first-order valence-corrected chi connectivity index (χ1v) is 7.88. The number of hydrogen-bond acceptors (Lipinski definition) is 3. The number of rotatable bonds is 4. The molecule has 1 aliphatic rings. The van der Waals surface area contributed by atoms with Gasteiger partial charge in [0, 0.05) is 25.8 Å². The first kappa shape index (κ1) is 15.3. The average Bonchev–Trinajstić information content (AvgIpc) is 2.99. The van der Waals surface area contributed by atoms with Crippen LogP contribution >= 0.6 is 0 Å². The molecule has 1 saturated heterocycles. The Kier molecular flexibility index (Phi) is 4.41. The van der Waals surface area contributed by atoms with E-state index in [2.05, 4.69) is 16.9 Å². The number of piperidine rings is 1. The molecule has 0 radical (unpaired) electrons. The molecule has 0 unspecified atom stereocenters. The van der Waals surface area contributed by atoms with Gasteiger partial charge in [-0.3, -0.25) is 14.0 Å². The molecule has 6 nitrogen and oxygen atoms in total. The molecule has 2 amide bonds. The minimum absolute atomic E-state index is 0.101. The van der Waals surface area contributed by atoms with Crippen molar-refractivity contribution in [1.29, 1.82) is 0 Å². The molecule has 1 fully saturated rings. The van der Waals surface area contributed by atoms with Crippen LogP contribution < -0.4 is 5.32 Å². The monoisotopic (exact) mass is 312 g/mol. The Morgan fingerprint density at radius 3 is 2.78 bits per heavy atom. The summed E-state index contributed by atoms with van der Waals surface area (Å²) in [6, 6.07) is 5.47. The molecular formula is C17H20N4O2. The SMILES string of the molecule is C=CCNC(=O)c1nc(C(=O)N2CCCCC2)c2ccccn12. The summed E-state index contributed by atoms with van der Waals surface area (Å²) in [7, 11) is 0. The summed E-state index contributed by atoms with van der Waals surface area (Å²) in [6.07, 6.45) is 6.54. The Hall–Kier alpha value is -2.63. The van der Waals surface area contributed by atoms with Crippen molar-refractivity contribution in [2.45, 2.75) is 19.3 Å². The van der Waals surface area contributed by atoms with E-state index in [-0.39, 0.29) is 17.6 Å². The number of hydrogen-bond donors (Lipinski definition) is 1. The van der Waals surface area contributed by atoms with Crippen LogP contribution in [0, 0.1) is 0 Å². The van der Waals surface area contributed by atoms with E-state index in [0.717, 1.165) is 32.4 Å². The second-order valence-electron chi connectivity index (χ2n) is 5.59. The van der Waals surface area contributed by atoms with Gasteiger partial charge in [0.15, 0.2) is 5.69 Å². The van der Waals surface area contributed by atoms with Crippen molar-refractivity contribution in [2.75, 3.05) is 19.6 Å². The van der Waals surface area contributed by atoms with Crippen molar-refractivity contribution in [1.82, 2.24) is 19.6 Å². The highest BCUT2D eigenvalue weighted by Crippen LogP contribution is 2.18. The Bertz CT molecular complexity index is 744. The van der Waals surface area contributed by atoms with Crippen molar-refractivity contribution in [3.63, 3.8) is 0 Å². The topological polar surface area (TPSA) is 66.7 Å². The molecule has 3 heterocycles. The van der Waals surface area contributed by atoms with Crippen LogP contribution in [0.5, 0.6) is 0 Å². The first-order valence-electron chi connectivity index (χ1n) is 7.88. The number of carbonyl (C=O) groups excluding carboxylic acids is 2. The number of aromatic nitrogens is 2. The number of fused-ring (bicyclic) bond motifs is 1. The van der Waals surface area contributed by atoms with Crippen LogP contribution in [0.15, 0.2) is 37.1 Å². The van der Waals surface area contributed by atoms with E-state index in [1.54, 1.807) is 16.7 Å². The zero-order valence-corrected chi connectivity index (χ0v) is 13.0. The molecule has 0 spiro atoms. The van der Waals surface area contributed by atoms with Gasteiger partial charge in [0.25, 0.3) is 11.8 Å². The van der Waals surface area contributed by atoms with Gasteiger partial charge in [-0.25, -0.2) is 4.98 Å². The predicted molar refractivity (Wildman–Crippen MR) is 87.5 cm³/mol. The van der Waals surface area contributed by atoms with E-state index in [1.165, 1.54) is 0 Å². The highest BCUT2D eigenvalue weighted by Gasteiger charge is 2.25. The molecular weight excluding hydrogens is 292 g/mol. The highest BCUT2D eigenvalue weighted by atomic mass is 16.2. The maximum atomic E-state index is 12.8. The third-order valence-corrected chi connectivity index (χ3v) is 4.00. The second-order valence-corrected chi connectivity index (χ2v) is 5.59. The molecule has 1 aliphatic heterocycles. The van der Waals surface area contributed by atoms with Crippen LogP contribution in [0.2, 0.25) is 0 Å². The predicted octanol–water partition coefficient (Wildman–Crippen LogP) is 1.88. The summed E-state index contributed by atoms with van der Waals surface area (Å²) in [6.45, 7) is 5.44. The Morgan fingerprint density at radius 2 is 2.04 bits per heavy atom. The Balaban J connectivity index is 1.98. The molecule has 23 heavy (non-hydrogen) atoms. The van der Waals surface area contributed by atoms with Gasteiger partial charge in [0.2, 0.25) is 5.82 Å². The molecule has 3 rings (SSSR count). The lowest BCUT2D eigenvalue weighted by Crippen LogP contribution is -2.36. The summed E-state index contributed by atoms with van der Waals surface area (Å²) in [5.74, 6) is -0.192. The summed E-state index contributed by atoms with van der Waals surface area (Å²) in [5.41, 5.74) is 1.00. The van der Waals surface area contributed by atoms with Crippen molar-refractivity contribution in [2.24, 2.45) is 0 Å². The number of nitrogens with one attached hydrogen (secondary N) is 1. The van der Waals surface area contributed by atoms with Gasteiger partial charge in [-0.05, 0) is 31.4 Å². The number of amides is 2. The fourth-order valence-corrected chi connectivity index (χ4v) is 2.85. The van der Waals surface area contributed by atoms with Crippen molar-refractivity contribution in [3.05, 3.63) is 48.6 Å². The molecule has 0 atom stereocenters. The van der Waals surface area contributed by atoms with Gasteiger partial charge in [-0.15, -0.1) is 6.58 Å². The van der Waals surface area contributed by atoms with Crippen LogP contribution in [-0.4, -0.2) is 45.7 Å². The zero-order chi connectivity index (χ0) is 16.2. The van der Waals surface area contributed by atoms with E-state index in [1.807, 2.05) is 23.1 Å². The van der Waals surface area contributed by atoms with Crippen LogP contribution in [0.25, 0.3) is 5.52 Å². The van der Waals surface area contributed by atoms with Crippen LogP contribution in [0.1, 0.15) is 40.4 Å². The fraction of sp³-hybridized carbons (Fsp3) is 0.353. The number of imidazole rings is 1. The van der Waals surface area contributed by atoms with Gasteiger partial charge < -0.3 is 10.2 Å². The van der Waals surface area contributed by atoms with Gasteiger partial charge in [0.1, 0.15) is 0 Å². The summed E-state index contributed by atoms with van der Waals surface area (Å²) >= 11 is 0. The smallest absolute Gasteiger partial charge is 0.287 e. The number of pyridine rings is 1. The number of likely N-dealkylation sites (tertiary alicyclic amines) is 1. The maximum Gasteiger partial charge on any atom is 0.287 e. The molecule has 1 N–H and O–H groups in total. The minimum atomic E-state index is -0.316. The first-order chi connectivity index (χ1) is 11.2. The molecule has 0 aromatic carbocycles. The van der Waals surface area contributed by atoms with Crippen molar-refractivity contribution in [3.8, 4) is 0 Å². The lowest BCUT2D eigenvalue weighted by atomic mass is 10.1. The average molecular weight is 312 g/mol. The van der Waals surface area contributed by atoms with E-state index < -0.39 is 0 Å². The van der Waals surface area contributed by atoms with E-state index in [4.69, 9.17) is 0 Å². The molecule has 2 aromatic heterocycles. The molecule has 0 bridgehead atoms. The van der Waals surface area contributed by atoms with Crippen molar-refractivity contribution < 1.29 is 9.59 Å². The summed E-state index contributed by atoms with van der Waals surface area (Å²) in [4.78, 5) is 31.2. The Labute approximate surface area is 134 Å². The fourth-order valence-electron chi connectivity index (χ4n) is 2.85. The quantitative estimate of drug-likeness (QED) is 0.877. The standard InChI is InChI=1S/C17H20N4O2/c1-2-9-18-16(22)15-19-14(13-8-4-7-12-21(13)15)17(23)20-10-5-3-6-11-20/h2,4,7-8,12H,1,3,5-6,9-11H2,(H,18,22). The molecule has 0 saturated carbocycles. The lowest BCUT2D eigenvalue weighted by Gasteiger charge is -2.25. The molecule has 0 aliphatic carbocycles. The van der Waals surface area contributed by atoms with E-state index >= 15 is 0 Å². The van der Waals surface area contributed by atoms with Crippen LogP contribution in [0.4, 0.5) is 0 Å². The summed E-state index contributed by atoms with van der Waals surface area (Å²) < 4.78 is 1.66. The number of carbonyl (C=O) groups is 2. The Morgan fingerprint density at radius 1 is 1.26 bits per heavy atom. The lowest BCUT2D eigenvalue weighted by molar-refractivity contribution is 0.0721. The van der Waals surface area contributed by atoms with Crippen molar-refractivity contribution >= 4 is 17.3 Å². The molecule has 120 valence electrons. The largest absolute Gasteiger partial charge is 0.346 e. The number of nitrogens with zero attached hydrogens (tertiary/aromatic N) is 3. The van der Waals surface area contributed by atoms with Crippen LogP contribution in [-0.2, 0) is 0 Å². The van der Waals surface area contributed by atoms with E-state index in [9.17, 15) is 9.59 Å². The second kappa shape index (κ2) is 6.64. The normalized spacial score (nSPS) is 14.7. The van der Waals surface area contributed by atoms with Gasteiger partial charge in [0.05, 0.1) is 5.52 Å². The minimum Gasteiger partial charge on any atom is -0.346 e. The molecule has 2 aromatic rings.